The number of halogens is 2. The Kier molecular flexibility index (Phi) is 11.5. The van der Waals surface area contributed by atoms with Crippen molar-refractivity contribution in [2.24, 2.45) is 4.99 Å². The molecule has 0 radical (unpaired) electrons. The Morgan fingerprint density at radius 1 is 1.24 bits per heavy atom. The predicted octanol–water partition coefficient (Wildman–Crippen LogP) is 2.81. The Bertz CT molecular complexity index is 864. The van der Waals surface area contributed by atoms with Crippen LogP contribution in [-0.2, 0) is 10.0 Å². The zero-order valence-corrected chi connectivity index (χ0v) is 20.2. The molecule has 2 aromatic rings. The van der Waals surface area contributed by atoms with Gasteiger partial charge in [-0.25, -0.2) is 17.5 Å². The number of nitrogens with one attached hydrogen (secondary N) is 3. The lowest BCUT2D eigenvalue weighted by Crippen LogP contribution is -2.44. The van der Waals surface area contributed by atoms with Gasteiger partial charge in [-0.1, -0.05) is 19.1 Å². The van der Waals surface area contributed by atoms with Crippen LogP contribution >= 0.6 is 35.3 Å². The zero-order chi connectivity index (χ0) is 20.4. The second-order valence-electron chi connectivity index (χ2n) is 5.82. The Balaban J connectivity index is 0.00000420. The van der Waals surface area contributed by atoms with Crippen LogP contribution < -0.4 is 20.1 Å². The van der Waals surface area contributed by atoms with E-state index in [4.69, 9.17) is 4.74 Å². The van der Waals surface area contributed by atoms with Gasteiger partial charge < -0.3 is 15.4 Å². The summed E-state index contributed by atoms with van der Waals surface area (Å²) in [6.07, 6.45) is 0.555. The van der Waals surface area contributed by atoms with E-state index in [0.717, 1.165) is 6.42 Å². The summed E-state index contributed by atoms with van der Waals surface area (Å²) in [5, 5.41) is 7.88. The molecule has 0 aliphatic heterocycles. The molecule has 0 aliphatic rings. The van der Waals surface area contributed by atoms with Crippen LogP contribution in [0.2, 0.25) is 0 Å². The van der Waals surface area contributed by atoms with Gasteiger partial charge in [-0.05, 0) is 30.0 Å². The number of nitrogens with zero attached hydrogens (tertiary/aromatic N) is 1. The lowest BCUT2D eigenvalue weighted by atomic mass is 10.2. The van der Waals surface area contributed by atoms with E-state index in [0.29, 0.717) is 24.8 Å². The van der Waals surface area contributed by atoms with Gasteiger partial charge in [0.25, 0.3) is 0 Å². The third kappa shape index (κ3) is 8.84. The van der Waals surface area contributed by atoms with Gasteiger partial charge in [-0.15, -0.1) is 35.3 Å². The van der Waals surface area contributed by atoms with Crippen molar-refractivity contribution in [1.29, 1.82) is 0 Å². The smallest absolute Gasteiger partial charge is 0.250 e. The highest BCUT2D eigenvalue weighted by Gasteiger charge is 2.14. The number of thiophene rings is 1. The first-order chi connectivity index (χ1) is 13.4. The SMILES string of the molecule is CCC(CNC(=NC)NCCNS(=O)(=O)c1cccs1)Oc1cccc(F)c1.I. The van der Waals surface area contributed by atoms with Crippen LogP contribution in [0.3, 0.4) is 0 Å². The molecular formula is C18H26FIN4O3S2. The molecule has 1 atom stereocenters. The molecule has 0 aliphatic carbocycles. The molecule has 0 saturated carbocycles. The molecule has 0 fully saturated rings. The fourth-order valence-corrected chi connectivity index (χ4v) is 4.36. The molecule has 7 nitrogen and oxygen atoms in total. The van der Waals surface area contributed by atoms with Crippen molar-refractivity contribution in [1.82, 2.24) is 15.4 Å². The molecular weight excluding hydrogens is 530 g/mol. The maximum absolute atomic E-state index is 13.3. The molecule has 1 aromatic heterocycles. The number of ether oxygens (including phenoxy) is 1. The molecule has 0 saturated heterocycles. The van der Waals surface area contributed by atoms with Crippen LogP contribution in [0.25, 0.3) is 0 Å². The van der Waals surface area contributed by atoms with Crippen molar-refractivity contribution in [2.45, 2.75) is 23.7 Å². The Labute approximate surface area is 192 Å². The summed E-state index contributed by atoms with van der Waals surface area (Å²) < 4.78 is 45.9. The molecule has 0 amide bonds. The van der Waals surface area contributed by atoms with E-state index in [1.807, 2.05) is 6.92 Å². The summed E-state index contributed by atoms with van der Waals surface area (Å²) in [6, 6.07) is 9.27. The van der Waals surface area contributed by atoms with E-state index < -0.39 is 10.0 Å². The summed E-state index contributed by atoms with van der Waals surface area (Å²) in [4.78, 5) is 4.10. The van der Waals surface area contributed by atoms with E-state index in [9.17, 15) is 12.8 Å². The summed E-state index contributed by atoms with van der Waals surface area (Å²) >= 11 is 1.17. The number of benzene rings is 1. The summed E-state index contributed by atoms with van der Waals surface area (Å²) in [6.45, 7) is 3.03. The molecule has 0 spiro atoms. The fraction of sp³-hybridized carbons (Fsp3) is 0.389. The van der Waals surface area contributed by atoms with Crippen molar-refractivity contribution in [3.63, 3.8) is 0 Å². The topological polar surface area (TPSA) is 91.8 Å². The highest BCUT2D eigenvalue weighted by atomic mass is 127. The molecule has 1 aromatic carbocycles. The van der Waals surface area contributed by atoms with Gasteiger partial charge in [0.1, 0.15) is 21.9 Å². The van der Waals surface area contributed by atoms with Gasteiger partial charge in [0.15, 0.2) is 5.96 Å². The van der Waals surface area contributed by atoms with Crippen LogP contribution in [0.5, 0.6) is 5.75 Å². The largest absolute Gasteiger partial charge is 0.489 e. The van der Waals surface area contributed by atoms with Crippen molar-refractivity contribution < 1.29 is 17.5 Å². The van der Waals surface area contributed by atoms with Gasteiger partial charge in [0.05, 0.1) is 6.54 Å². The summed E-state index contributed by atoms with van der Waals surface area (Å²) in [7, 11) is -1.85. The third-order valence-electron chi connectivity index (χ3n) is 3.74. The highest BCUT2D eigenvalue weighted by molar-refractivity contribution is 14.0. The Morgan fingerprint density at radius 3 is 2.66 bits per heavy atom. The predicted molar refractivity (Wildman–Crippen MR) is 125 cm³/mol. The molecule has 2 rings (SSSR count). The standard InChI is InChI=1S/C18H25FN4O3S2.HI/c1-3-15(26-16-7-4-6-14(19)12-16)13-22-18(20-2)21-9-10-23-28(24,25)17-8-5-11-27-17;/h4-8,11-12,15,23H,3,9-10,13H2,1-2H3,(H2,20,21,22);1H. The summed E-state index contributed by atoms with van der Waals surface area (Å²) in [5.41, 5.74) is 0. The average molecular weight is 556 g/mol. The molecule has 0 bridgehead atoms. The number of rotatable bonds is 10. The minimum atomic E-state index is -3.47. The second-order valence-corrected chi connectivity index (χ2v) is 8.76. The quantitative estimate of drug-likeness (QED) is 0.181. The lowest BCUT2D eigenvalue weighted by Gasteiger charge is -2.20. The zero-order valence-electron chi connectivity index (χ0n) is 16.2. The van der Waals surface area contributed by atoms with E-state index in [1.54, 1.807) is 36.7 Å². The third-order valence-corrected chi connectivity index (χ3v) is 6.60. The maximum atomic E-state index is 13.3. The first kappa shape index (κ1) is 25.6. The van der Waals surface area contributed by atoms with E-state index >= 15 is 0 Å². The average Bonchev–Trinajstić information content (AvgIpc) is 3.22. The molecule has 1 heterocycles. The van der Waals surface area contributed by atoms with E-state index in [2.05, 4.69) is 20.3 Å². The van der Waals surface area contributed by atoms with Crippen molar-refractivity contribution in [3.05, 3.63) is 47.6 Å². The molecule has 3 N–H and O–H groups in total. The van der Waals surface area contributed by atoms with Gasteiger partial charge in [-0.3, -0.25) is 4.99 Å². The highest BCUT2D eigenvalue weighted by Crippen LogP contribution is 2.15. The van der Waals surface area contributed by atoms with Gasteiger partial charge >= 0.3 is 0 Å². The first-order valence-electron chi connectivity index (χ1n) is 8.84. The monoisotopic (exact) mass is 556 g/mol. The van der Waals surface area contributed by atoms with Crippen LogP contribution in [0.1, 0.15) is 13.3 Å². The number of aliphatic imine (C=N–C) groups is 1. The van der Waals surface area contributed by atoms with Crippen LogP contribution in [0.15, 0.2) is 51.0 Å². The van der Waals surface area contributed by atoms with Gasteiger partial charge in [0.2, 0.25) is 10.0 Å². The number of hydrogen-bond donors (Lipinski definition) is 3. The van der Waals surface area contributed by atoms with E-state index in [1.165, 1.54) is 23.5 Å². The van der Waals surface area contributed by atoms with Crippen molar-refractivity contribution in [3.8, 4) is 5.75 Å². The van der Waals surface area contributed by atoms with Crippen LogP contribution in [0, 0.1) is 5.82 Å². The van der Waals surface area contributed by atoms with Crippen LogP contribution in [0.4, 0.5) is 4.39 Å². The Morgan fingerprint density at radius 2 is 2.03 bits per heavy atom. The number of sulfonamides is 1. The summed E-state index contributed by atoms with van der Waals surface area (Å²) in [5.74, 6) is 0.652. The van der Waals surface area contributed by atoms with Crippen molar-refractivity contribution >= 4 is 51.3 Å². The molecule has 1 unspecified atom stereocenters. The second kappa shape index (κ2) is 13.0. The fourth-order valence-electron chi connectivity index (χ4n) is 2.29. The minimum Gasteiger partial charge on any atom is -0.489 e. The minimum absolute atomic E-state index is 0. The number of guanidine groups is 1. The van der Waals surface area contributed by atoms with Crippen molar-refractivity contribution in [2.75, 3.05) is 26.7 Å². The first-order valence-corrected chi connectivity index (χ1v) is 11.2. The molecule has 29 heavy (non-hydrogen) atoms. The van der Waals surface area contributed by atoms with E-state index in [-0.39, 0.29) is 46.7 Å². The lowest BCUT2D eigenvalue weighted by molar-refractivity contribution is 0.199. The Hall–Kier alpha value is -1.44. The normalized spacial score (nSPS) is 12.7. The molecule has 11 heteroatoms. The number of hydrogen-bond acceptors (Lipinski definition) is 5. The molecule has 162 valence electrons. The van der Waals surface area contributed by atoms with Crippen LogP contribution in [-0.4, -0.2) is 47.2 Å². The maximum Gasteiger partial charge on any atom is 0.250 e. The van der Waals surface area contributed by atoms with Gasteiger partial charge in [-0.2, -0.15) is 0 Å². The van der Waals surface area contributed by atoms with Gasteiger partial charge in [0, 0.05) is 26.2 Å².